The molecule has 0 fully saturated rings. The molecule has 2 aliphatic heterocycles. The monoisotopic (exact) mass is 909 g/mol. The van der Waals surface area contributed by atoms with Crippen LogP contribution in [0.15, 0.2) is 57.7 Å². The van der Waals surface area contributed by atoms with E-state index < -0.39 is 11.8 Å². The van der Waals surface area contributed by atoms with E-state index in [-0.39, 0.29) is 23.0 Å². The van der Waals surface area contributed by atoms with Crippen molar-refractivity contribution in [3.63, 3.8) is 0 Å². The Balaban J connectivity index is 1.20. The van der Waals surface area contributed by atoms with Crippen molar-refractivity contribution in [2.24, 2.45) is 0 Å². The lowest BCUT2D eigenvalue weighted by molar-refractivity contribution is -0.142. The van der Waals surface area contributed by atoms with Crippen LogP contribution in [0.25, 0.3) is 12.2 Å². The van der Waals surface area contributed by atoms with Crippen molar-refractivity contribution in [1.82, 2.24) is 9.80 Å². The Morgan fingerprint density at radius 3 is 1.09 bits per heavy atom. The van der Waals surface area contributed by atoms with Gasteiger partial charge in [-0.25, -0.2) is 0 Å². The number of hydrogen-bond donors (Lipinski definition) is 0. The van der Waals surface area contributed by atoms with Gasteiger partial charge in [-0.3, -0.25) is 29.0 Å². The first-order valence-electron chi connectivity index (χ1n) is 24.1. The molecule has 0 aliphatic carbocycles. The van der Waals surface area contributed by atoms with Crippen molar-refractivity contribution in [3.8, 4) is 12.1 Å². The van der Waals surface area contributed by atoms with Crippen molar-refractivity contribution in [2.75, 3.05) is 49.1 Å². The summed E-state index contributed by atoms with van der Waals surface area (Å²) in [7, 11) is 0. The minimum Gasteiger partial charge on any atom is -0.363 e. The van der Waals surface area contributed by atoms with Gasteiger partial charge in [0.2, 0.25) is 0 Å². The molecule has 2 aromatic heterocycles. The first kappa shape index (κ1) is 51.9. The fourth-order valence-electron chi connectivity index (χ4n) is 8.14. The van der Waals surface area contributed by atoms with Gasteiger partial charge in [0.15, 0.2) is 0 Å². The Bertz CT molecular complexity index is 1950. The zero-order valence-corrected chi connectivity index (χ0v) is 41.2. The maximum atomic E-state index is 13.7. The van der Waals surface area contributed by atoms with Crippen LogP contribution in [0, 0.1) is 22.7 Å². The van der Waals surface area contributed by atoms with Gasteiger partial charge in [0.25, 0.3) is 23.6 Å². The Labute approximate surface area is 392 Å². The molecule has 4 amide bonds. The second-order valence-corrected chi connectivity index (χ2v) is 19.3. The van der Waals surface area contributed by atoms with E-state index in [0.717, 1.165) is 139 Å². The highest BCUT2D eigenvalue weighted by molar-refractivity contribution is 7.17. The van der Waals surface area contributed by atoms with Crippen LogP contribution >= 0.6 is 22.7 Å². The van der Waals surface area contributed by atoms with Crippen molar-refractivity contribution in [1.29, 1.82) is 10.5 Å². The fraction of sp³-hybridized carbons (Fsp3) is 0.577. The summed E-state index contributed by atoms with van der Waals surface area (Å²) < 4.78 is 0. The SMILES string of the molecule is CCCCN(CCCC)c1ccc(/C=C2\C(=O)N(CCCCCCCCCCCCN3C(=O)C(C#N)=C(C)/C(=C\c4ccc(N(CCCC)CCCC)s4)C3=O)C(=O)C(C#N)=C2C)s1. The summed E-state index contributed by atoms with van der Waals surface area (Å²) in [5.41, 5.74) is 1.82. The minimum atomic E-state index is -0.499. The van der Waals surface area contributed by atoms with Crippen LogP contribution in [0.1, 0.15) is 167 Å². The molecule has 2 aliphatic rings. The van der Waals surface area contributed by atoms with Crippen LogP contribution in [-0.4, -0.2) is 72.7 Å². The predicted molar refractivity (Wildman–Crippen MR) is 265 cm³/mol. The van der Waals surface area contributed by atoms with Crippen molar-refractivity contribution in [3.05, 3.63) is 67.5 Å². The van der Waals surface area contributed by atoms with Crippen LogP contribution in [0.5, 0.6) is 0 Å². The van der Waals surface area contributed by atoms with E-state index >= 15 is 0 Å². The zero-order chi connectivity index (χ0) is 46.4. The maximum Gasteiger partial charge on any atom is 0.271 e. The first-order chi connectivity index (χ1) is 31.0. The Hall–Kier alpha value is -4.78. The maximum absolute atomic E-state index is 13.7. The molecule has 12 heteroatoms. The summed E-state index contributed by atoms with van der Waals surface area (Å²) >= 11 is 3.29. The molecule has 0 radical (unpaired) electrons. The van der Waals surface area contributed by atoms with E-state index in [1.54, 1.807) is 36.5 Å². The molecule has 0 bridgehead atoms. The van der Waals surface area contributed by atoms with E-state index in [1.807, 2.05) is 24.3 Å². The van der Waals surface area contributed by atoms with E-state index in [0.29, 0.717) is 48.2 Å². The molecule has 0 spiro atoms. The number of amides is 4. The highest BCUT2D eigenvalue weighted by Gasteiger charge is 2.36. The van der Waals surface area contributed by atoms with E-state index in [9.17, 15) is 29.7 Å². The molecule has 10 nitrogen and oxygen atoms in total. The molecule has 4 rings (SSSR count). The lowest BCUT2D eigenvalue weighted by atomic mass is 9.94. The predicted octanol–water partition coefficient (Wildman–Crippen LogP) is 12.4. The normalized spacial score (nSPS) is 15.9. The molecule has 0 saturated heterocycles. The van der Waals surface area contributed by atoms with E-state index in [2.05, 4.69) is 61.8 Å². The van der Waals surface area contributed by atoms with Gasteiger partial charge in [0.05, 0.1) is 10.0 Å². The van der Waals surface area contributed by atoms with Gasteiger partial charge in [-0.2, -0.15) is 10.5 Å². The zero-order valence-electron chi connectivity index (χ0n) is 39.6. The topological polar surface area (TPSA) is 129 Å². The first-order valence-corrected chi connectivity index (χ1v) is 25.8. The average molecular weight is 909 g/mol. The number of rotatable bonds is 29. The molecule has 346 valence electrons. The quantitative estimate of drug-likeness (QED) is 0.0448. The van der Waals surface area contributed by atoms with E-state index in [1.165, 1.54) is 19.8 Å². The molecule has 0 saturated carbocycles. The standard InChI is InChI=1S/C52H72N6O4S2/c1-7-11-29-55(30-12-8-2)47-27-25-41(63-47)35-43-39(5)45(37-53)51(61)57(49(43)59)33-23-21-19-17-15-16-18-20-22-24-34-58-50(60)44(40(6)46(38-54)52(58)62)36-42-26-28-48(64-42)56(31-13-9-3)32-14-10-4/h25-28,35-36H,7-24,29-34H2,1-6H3/b43-35-,44-36+. The summed E-state index contributed by atoms with van der Waals surface area (Å²) in [6.07, 6.45) is 22.1. The smallest absolute Gasteiger partial charge is 0.271 e. The van der Waals surface area contributed by atoms with Crippen LogP contribution in [-0.2, 0) is 19.2 Å². The van der Waals surface area contributed by atoms with Gasteiger partial charge in [0, 0.05) is 60.2 Å². The van der Waals surface area contributed by atoms with Gasteiger partial charge < -0.3 is 9.80 Å². The molecule has 0 aromatic carbocycles. The lowest BCUT2D eigenvalue weighted by Gasteiger charge is -2.27. The van der Waals surface area contributed by atoms with Crippen molar-refractivity contribution in [2.45, 2.75) is 157 Å². The molecule has 2 aromatic rings. The summed E-state index contributed by atoms with van der Waals surface area (Å²) in [5.74, 6) is -1.65. The third-order valence-corrected chi connectivity index (χ3v) is 14.4. The van der Waals surface area contributed by atoms with Crippen LogP contribution in [0.3, 0.4) is 0 Å². The number of hydrogen-bond acceptors (Lipinski definition) is 10. The third-order valence-electron chi connectivity index (χ3n) is 12.2. The number of nitriles is 2. The van der Waals surface area contributed by atoms with Gasteiger partial charge in [-0.15, -0.1) is 22.7 Å². The second-order valence-electron chi connectivity index (χ2n) is 17.1. The van der Waals surface area contributed by atoms with Gasteiger partial charge in [0.1, 0.15) is 23.3 Å². The van der Waals surface area contributed by atoms with E-state index in [4.69, 9.17) is 0 Å². The Morgan fingerprint density at radius 2 is 0.797 bits per heavy atom. The second kappa shape index (κ2) is 27.5. The third kappa shape index (κ3) is 14.4. The number of carbonyl (C=O) groups excluding carboxylic acids is 4. The Kier molecular flexibility index (Phi) is 22.3. The number of thiophene rings is 2. The highest BCUT2D eigenvalue weighted by Crippen LogP contribution is 2.34. The van der Waals surface area contributed by atoms with Crippen molar-refractivity contribution < 1.29 is 19.2 Å². The summed E-state index contributed by atoms with van der Waals surface area (Å²) in [4.78, 5) is 63.1. The number of unbranched alkanes of at least 4 members (excludes halogenated alkanes) is 13. The van der Waals surface area contributed by atoms with Crippen LogP contribution < -0.4 is 9.80 Å². The molecule has 64 heavy (non-hydrogen) atoms. The lowest BCUT2D eigenvalue weighted by Crippen LogP contribution is -2.43. The fourth-order valence-corrected chi connectivity index (χ4v) is 10.1. The number of anilines is 2. The summed E-state index contributed by atoms with van der Waals surface area (Å²) in [5, 5.41) is 22.1. The summed E-state index contributed by atoms with van der Waals surface area (Å²) in [6.45, 7) is 16.8. The highest BCUT2D eigenvalue weighted by atomic mass is 32.1. The number of imide groups is 2. The van der Waals surface area contributed by atoms with Crippen LogP contribution in [0.4, 0.5) is 10.0 Å². The minimum absolute atomic E-state index is 0.0414. The Morgan fingerprint density at radius 1 is 0.484 bits per heavy atom. The molecular weight excluding hydrogens is 837 g/mol. The summed E-state index contributed by atoms with van der Waals surface area (Å²) in [6, 6.07) is 12.4. The average Bonchev–Trinajstić information content (AvgIpc) is 3.97. The number of nitrogens with zero attached hydrogens (tertiary/aromatic N) is 6. The van der Waals surface area contributed by atoms with Crippen LogP contribution in [0.2, 0.25) is 0 Å². The van der Waals surface area contributed by atoms with Gasteiger partial charge in [-0.05, 0) is 99.9 Å². The van der Waals surface area contributed by atoms with Gasteiger partial charge in [-0.1, -0.05) is 105 Å². The number of carbonyl (C=O) groups is 4. The molecule has 0 unspecified atom stereocenters. The van der Waals surface area contributed by atoms with Crippen molar-refractivity contribution >= 4 is 68.5 Å². The molecular formula is C52H72N6O4S2. The van der Waals surface area contributed by atoms with Gasteiger partial charge >= 0.3 is 0 Å². The largest absolute Gasteiger partial charge is 0.363 e. The molecule has 0 N–H and O–H groups in total. The molecule has 0 atom stereocenters. The molecule has 4 heterocycles.